The molecule has 0 aromatic heterocycles. The van der Waals surface area contributed by atoms with Crippen molar-refractivity contribution in [2.24, 2.45) is 0 Å². The number of hydrazine groups is 1. The molecule has 0 saturated carbocycles. The highest BCUT2D eigenvalue weighted by atomic mass is 32.2. The molecule has 9 nitrogen and oxygen atoms in total. The number of para-hydroxylation sites is 1. The Balaban J connectivity index is 1.50. The molecule has 0 unspecified atom stereocenters. The Morgan fingerprint density at radius 3 is 2.30 bits per heavy atom. The summed E-state index contributed by atoms with van der Waals surface area (Å²) in [6.07, 6.45) is 4.66. The number of hydrogen-bond acceptors (Lipinski definition) is 6. The Labute approximate surface area is 194 Å². The van der Waals surface area contributed by atoms with Crippen molar-refractivity contribution >= 4 is 22.0 Å². The van der Waals surface area contributed by atoms with Crippen molar-refractivity contribution in [1.29, 1.82) is 0 Å². The largest absolute Gasteiger partial charge is 0.496 e. The summed E-state index contributed by atoms with van der Waals surface area (Å²) >= 11 is 0. The Hall–Kier alpha value is -3.11. The molecular weight excluding hydrogens is 444 g/mol. The second-order valence-corrected chi connectivity index (χ2v) is 9.48. The molecule has 1 heterocycles. The van der Waals surface area contributed by atoms with Crippen LogP contribution < -0.4 is 20.2 Å². The van der Waals surface area contributed by atoms with Crippen LogP contribution in [0.2, 0.25) is 0 Å². The van der Waals surface area contributed by atoms with Gasteiger partial charge in [0.15, 0.2) is 0 Å². The zero-order chi connectivity index (χ0) is 23.7. The first-order valence-electron chi connectivity index (χ1n) is 11.0. The molecule has 1 saturated heterocycles. The third kappa shape index (κ3) is 7.19. The number of nitrogens with one attached hydrogen (secondary N) is 3. The lowest BCUT2D eigenvalue weighted by molar-refractivity contribution is 0.0951. The minimum absolute atomic E-state index is 0.00433. The molecule has 10 heteroatoms. The predicted octanol–water partition coefficient (Wildman–Crippen LogP) is 2.45. The summed E-state index contributed by atoms with van der Waals surface area (Å²) in [4.78, 5) is 24.5. The fourth-order valence-electron chi connectivity index (χ4n) is 3.61. The number of sulfonamides is 1. The summed E-state index contributed by atoms with van der Waals surface area (Å²) < 4.78 is 32.3. The van der Waals surface area contributed by atoms with E-state index in [4.69, 9.17) is 4.74 Å². The van der Waals surface area contributed by atoms with Crippen LogP contribution in [0.15, 0.2) is 53.4 Å². The summed E-state index contributed by atoms with van der Waals surface area (Å²) in [6, 6.07) is 12.4. The number of amides is 3. The van der Waals surface area contributed by atoms with Crippen molar-refractivity contribution in [1.82, 2.24) is 20.5 Å². The van der Waals surface area contributed by atoms with E-state index in [-0.39, 0.29) is 10.8 Å². The number of carbonyl (C=O) groups excluding carboxylic acids is 2. The monoisotopic (exact) mass is 474 g/mol. The standard InChI is InChI=1S/C23H30N4O5S/c1-32-21-9-5-4-8-20(21)22(28)24-15-14-18-10-12-19(13-11-18)33(30,31)26-23(29)25-27-16-6-2-3-7-17-27/h4-5,8-13H,2-3,6-7,14-17H2,1H3,(H,24,28)(H2,25,26,29). The molecule has 3 amide bonds. The molecule has 0 radical (unpaired) electrons. The van der Waals surface area contributed by atoms with E-state index in [9.17, 15) is 18.0 Å². The predicted molar refractivity (Wildman–Crippen MR) is 124 cm³/mol. The first-order valence-corrected chi connectivity index (χ1v) is 12.5. The lowest BCUT2D eigenvalue weighted by Crippen LogP contribution is -2.49. The van der Waals surface area contributed by atoms with Gasteiger partial charge in [-0.2, -0.15) is 0 Å². The number of carbonyl (C=O) groups is 2. The number of nitrogens with zero attached hydrogens (tertiary/aromatic N) is 1. The molecule has 1 aliphatic heterocycles. The van der Waals surface area contributed by atoms with Gasteiger partial charge in [-0.15, -0.1) is 0 Å². The highest BCUT2D eigenvalue weighted by molar-refractivity contribution is 7.90. The molecule has 2 aromatic carbocycles. The van der Waals surface area contributed by atoms with E-state index in [1.54, 1.807) is 41.4 Å². The van der Waals surface area contributed by atoms with Gasteiger partial charge in [-0.3, -0.25) is 10.2 Å². The van der Waals surface area contributed by atoms with Crippen LogP contribution in [0.5, 0.6) is 5.75 Å². The van der Waals surface area contributed by atoms with E-state index < -0.39 is 16.1 Å². The Bertz CT molecular complexity index is 1050. The molecule has 1 aliphatic rings. The van der Waals surface area contributed by atoms with Gasteiger partial charge in [-0.1, -0.05) is 37.1 Å². The molecule has 3 rings (SSSR count). The van der Waals surface area contributed by atoms with Gasteiger partial charge in [0.1, 0.15) is 5.75 Å². The van der Waals surface area contributed by atoms with Gasteiger partial charge in [-0.05, 0) is 49.1 Å². The van der Waals surface area contributed by atoms with Crippen LogP contribution in [0.1, 0.15) is 41.6 Å². The van der Waals surface area contributed by atoms with Crippen molar-refractivity contribution < 1.29 is 22.7 Å². The van der Waals surface area contributed by atoms with Crippen molar-refractivity contribution in [2.75, 3.05) is 26.7 Å². The number of urea groups is 1. The lowest BCUT2D eigenvalue weighted by atomic mass is 10.1. The van der Waals surface area contributed by atoms with E-state index >= 15 is 0 Å². The summed E-state index contributed by atoms with van der Waals surface area (Å²) in [5.41, 5.74) is 3.91. The van der Waals surface area contributed by atoms with Gasteiger partial charge < -0.3 is 10.1 Å². The van der Waals surface area contributed by atoms with Gasteiger partial charge in [0.2, 0.25) is 0 Å². The van der Waals surface area contributed by atoms with Crippen LogP contribution in [-0.2, 0) is 16.4 Å². The maximum atomic E-state index is 12.5. The highest BCUT2D eigenvalue weighted by Gasteiger charge is 2.19. The van der Waals surface area contributed by atoms with Gasteiger partial charge in [0, 0.05) is 19.6 Å². The molecule has 1 fully saturated rings. The van der Waals surface area contributed by atoms with Gasteiger partial charge in [-0.25, -0.2) is 22.9 Å². The second-order valence-electron chi connectivity index (χ2n) is 7.80. The average molecular weight is 475 g/mol. The minimum Gasteiger partial charge on any atom is -0.496 e. The van der Waals surface area contributed by atoms with Crippen LogP contribution in [0, 0.1) is 0 Å². The average Bonchev–Trinajstić information content (AvgIpc) is 3.07. The van der Waals surface area contributed by atoms with Crippen molar-refractivity contribution in [3.8, 4) is 5.75 Å². The summed E-state index contributed by atoms with van der Waals surface area (Å²) in [7, 11) is -2.48. The number of benzene rings is 2. The van der Waals surface area contributed by atoms with Gasteiger partial charge >= 0.3 is 6.03 Å². The number of hydrogen-bond donors (Lipinski definition) is 3. The molecule has 0 aliphatic carbocycles. The number of methoxy groups -OCH3 is 1. The molecule has 2 aromatic rings. The lowest BCUT2D eigenvalue weighted by Gasteiger charge is -2.20. The van der Waals surface area contributed by atoms with E-state index in [1.165, 1.54) is 19.2 Å². The van der Waals surface area contributed by atoms with Gasteiger partial charge in [0.05, 0.1) is 17.6 Å². The first kappa shape index (κ1) is 24.5. The quantitative estimate of drug-likeness (QED) is 0.541. The Morgan fingerprint density at radius 2 is 1.64 bits per heavy atom. The zero-order valence-electron chi connectivity index (χ0n) is 18.7. The van der Waals surface area contributed by atoms with Crippen molar-refractivity contribution in [3.63, 3.8) is 0 Å². The fourth-order valence-corrected chi connectivity index (χ4v) is 4.51. The number of ether oxygens (including phenoxy) is 1. The van der Waals surface area contributed by atoms with Crippen LogP contribution >= 0.6 is 0 Å². The fraction of sp³-hybridized carbons (Fsp3) is 0.391. The normalized spacial score (nSPS) is 14.7. The van der Waals surface area contributed by atoms with Crippen LogP contribution in [0.25, 0.3) is 0 Å². The molecular formula is C23H30N4O5S. The van der Waals surface area contributed by atoms with E-state index in [0.717, 1.165) is 31.2 Å². The third-order valence-corrected chi connectivity index (χ3v) is 6.72. The van der Waals surface area contributed by atoms with E-state index in [2.05, 4.69) is 15.5 Å². The molecule has 0 atom stereocenters. The topological polar surface area (TPSA) is 117 Å². The Kier molecular flexibility index (Phi) is 8.67. The minimum atomic E-state index is -3.99. The smallest absolute Gasteiger partial charge is 0.343 e. The SMILES string of the molecule is COc1ccccc1C(=O)NCCc1ccc(S(=O)(=O)NC(=O)NN2CCCCCC2)cc1. The van der Waals surface area contributed by atoms with Crippen LogP contribution in [-0.4, -0.2) is 52.1 Å². The van der Waals surface area contributed by atoms with Gasteiger partial charge in [0.25, 0.3) is 15.9 Å². The summed E-state index contributed by atoms with van der Waals surface area (Å²) in [6.45, 7) is 1.78. The summed E-state index contributed by atoms with van der Waals surface area (Å²) in [5.74, 6) is 0.253. The second kappa shape index (κ2) is 11.7. The van der Waals surface area contributed by atoms with E-state index in [0.29, 0.717) is 37.4 Å². The van der Waals surface area contributed by atoms with Crippen molar-refractivity contribution in [2.45, 2.75) is 37.0 Å². The maximum Gasteiger partial charge on any atom is 0.343 e. The summed E-state index contributed by atoms with van der Waals surface area (Å²) in [5, 5.41) is 4.58. The molecule has 0 spiro atoms. The van der Waals surface area contributed by atoms with E-state index in [1.807, 2.05) is 0 Å². The number of rotatable bonds is 8. The van der Waals surface area contributed by atoms with Crippen LogP contribution in [0.3, 0.4) is 0 Å². The third-order valence-electron chi connectivity index (χ3n) is 5.38. The first-order chi connectivity index (χ1) is 15.9. The highest BCUT2D eigenvalue weighted by Crippen LogP contribution is 2.17. The zero-order valence-corrected chi connectivity index (χ0v) is 19.5. The van der Waals surface area contributed by atoms with Crippen molar-refractivity contribution in [3.05, 3.63) is 59.7 Å². The molecule has 178 valence electrons. The molecule has 0 bridgehead atoms. The maximum absolute atomic E-state index is 12.5. The van der Waals surface area contributed by atoms with Crippen LogP contribution in [0.4, 0.5) is 4.79 Å². The molecule has 33 heavy (non-hydrogen) atoms. The Morgan fingerprint density at radius 1 is 0.970 bits per heavy atom. The molecule has 3 N–H and O–H groups in total.